The van der Waals surface area contributed by atoms with E-state index >= 15 is 0 Å². The minimum absolute atomic E-state index is 0.0851. The summed E-state index contributed by atoms with van der Waals surface area (Å²) in [5.74, 6) is -0.0851. The Morgan fingerprint density at radius 3 is 2.61 bits per heavy atom. The summed E-state index contributed by atoms with van der Waals surface area (Å²) in [5, 5.41) is 12.8. The first-order valence-electron chi connectivity index (χ1n) is 12.9. The molecule has 2 N–H and O–H groups in total. The number of anilines is 1. The summed E-state index contributed by atoms with van der Waals surface area (Å²) in [4.78, 5) is 34.0. The zero-order valence-corrected chi connectivity index (χ0v) is 23.9. The molecule has 4 heterocycles. The van der Waals surface area contributed by atoms with Gasteiger partial charge in [-0.25, -0.2) is 9.67 Å². The fraction of sp³-hybridized carbons (Fsp3) is 0.250. The lowest BCUT2D eigenvalue weighted by atomic mass is 9.97. The van der Waals surface area contributed by atoms with Gasteiger partial charge in [-0.3, -0.25) is 19.0 Å². The van der Waals surface area contributed by atoms with Gasteiger partial charge < -0.3 is 10.5 Å². The van der Waals surface area contributed by atoms with E-state index in [9.17, 15) is 9.59 Å². The number of carbonyl (C=O) groups excluding carboxylic acids is 1. The van der Waals surface area contributed by atoms with E-state index in [-0.39, 0.29) is 16.6 Å². The molecule has 0 radical (unpaired) electrons. The highest BCUT2D eigenvalue weighted by Crippen LogP contribution is 2.31. The topological polar surface area (TPSA) is 139 Å². The quantitative estimate of drug-likeness (QED) is 0.229. The monoisotopic (exact) mass is 591 g/mol. The molecule has 11 nitrogen and oxygen atoms in total. The lowest BCUT2D eigenvalue weighted by Gasteiger charge is -2.21. The van der Waals surface area contributed by atoms with Crippen molar-refractivity contribution in [3.8, 4) is 28.2 Å². The van der Waals surface area contributed by atoms with Crippen LogP contribution < -0.4 is 11.3 Å². The number of halogens is 2. The van der Waals surface area contributed by atoms with E-state index in [0.29, 0.717) is 46.9 Å². The molecule has 0 saturated carbocycles. The van der Waals surface area contributed by atoms with Gasteiger partial charge in [0.25, 0.3) is 5.56 Å². The smallest absolute Gasteiger partial charge is 0.254 e. The summed E-state index contributed by atoms with van der Waals surface area (Å²) >= 11 is 12.3. The van der Waals surface area contributed by atoms with E-state index in [1.54, 1.807) is 59.3 Å². The van der Waals surface area contributed by atoms with Gasteiger partial charge in [0.1, 0.15) is 6.29 Å². The Labute approximate surface area is 245 Å². The SMILES string of the molecule is C[C@@H](C=O)CCC[C@@H](c1cncc(-c2c(N)cnn2C)c1)n1cnc(-c2cc(Cl)ccc2-n2cc(Cl)nn2)cc1=O. The molecule has 0 unspecified atom stereocenters. The Hall–Kier alpha value is -4.35. The molecule has 5 rings (SSSR count). The van der Waals surface area contributed by atoms with Crippen molar-refractivity contribution in [2.45, 2.75) is 32.2 Å². The number of aryl methyl sites for hydroxylation is 1. The van der Waals surface area contributed by atoms with Gasteiger partial charge in [0.15, 0.2) is 5.15 Å². The molecule has 0 spiro atoms. The van der Waals surface area contributed by atoms with Gasteiger partial charge in [-0.2, -0.15) is 5.10 Å². The van der Waals surface area contributed by atoms with Crippen molar-refractivity contribution in [1.82, 2.24) is 39.3 Å². The molecule has 0 aliphatic carbocycles. The van der Waals surface area contributed by atoms with Crippen molar-refractivity contribution in [3.63, 3.8) is 0 Å². The maximum absolute atomic E-state index is 13.7. The predicted molar refractivity (Wildman–Crippen MR) is 157 cm³/mol. The van der Waals surface area contributed by atoms with E-state index in [2.05, 4.69) is 25.4 Å². The maximum Gasteiger partial charge on any atom is 0.254 e. The van der Waals surface area contributed by atoms with Crippen LogP contribution in [-0.2, 0) is 11.8 Å². The van der Waals surface area contributed by atoms with E-state index in [0.717, 1.165) is 23.1 Å². The standard InChI is InChI=1S/C28H27Cl2N9O2/c1-17(15-40)4-3-5-24(18-8-19(12-32-11-18)28-22(31)13-34-37(28)2)38-16-33-23(10-27(38)41)21-9-20(29)6-7-25(21)39-14-26(30)35-36-39/h6-17,24H,3-5,31H2,1-2H3/t17-,24+/m1/s1. The lowest BCUT2D eigenvalue weighted by molar-refractivity contribution is -0.110. The molecule has 4 aromatic heterocycles. The van der Waals surface area contributed by atoms with Crippen molar-refractivity contribution in [3.05, 3.63) is 87.5 Å². The first kappa shape index (κ1) is 28.2. The van der Waals surface area contributed by atoms with Gasteiger partial charge in [0, 0.05) is 47.6 Å². The zero-order valence-electron chi connectivity index (χ0n) is 22.4. The Balaban J connectivity index is 1.56. The number of nitrogens with zero attached hydrogens (tertiary/aromatic N) is 8. The van der Waals surface area contributed by atoms with Gasteiger partial charge in [-0.1, -0.05) is 41.8 Å². The molecule has 210 valence electrons. The maximum atomic E-state index is 13.7. The van der Waals surface area contributed by atoms with Crippen LogP contribution in [0.4, 0.5) is 5.69 Å². The van der Waals surface area contributed by atoms with Gasteiger partial charge in [0.05, 0.1) is 47.5 Å². The minimum Gasteiger partial charge on any atom is -0.396 e. The number of pyridine rings is 1. The average molecular weight is 592 g/mol. The highest BCUT2D eigenvalue weighted by Gasteiger charge is 2.20. The second kappa shape index (κ2) is 12.0. The van der Waals surface area contributed by atoms with Gasteiger partial charge in [0.2, 0.25) is 0 Å². The van der Waals surface area contributed by atoms with Gasteiger partial charge in [-0.15, -0.1) is 5.10 Å². The van der Waals surface area contributed by atoms with Crippen molar-refractivity contribution < 1.29 is 4.79 Å². The second-order valence-corrected chi connectivity index (χ2v) is 10.6. The first-order valence-corrected chi connectivity index (χ1v) is 13.6. The van der Waals surface area contributed by atoms with E-state index in [1.165, 1.54) is 17.1 Å². The molecule has 0 fully saturated rings. The van der Waals surface area contributed by atoms with Crippen molar-refractivity contribution in [2.24, 2.45) is 13.0 Å². The Morgan fingerprint density at radius 2 is 1.93 bits per heavy atom. The number of nitrogen functional groups attached to an aromatic ring is 1. The summed E-state index contributed by atoms with van der Waals surface area (Å²) in [5.41, 5.74) is 10.4. The molecule has 0 amide bonds. The lowest BCUT2D eigenvalue weighted by Crippen LogP contribution is -2.26. The highest BCUT2D eigenvalue weighted by molar-refractivity contribution is 6.31. The van der Waals surface area contributed by atoms with Crippen molar-refractivity contribution in [2.75, 3.05) is 5.73 Å². The van der Waals surface area contributed by atoms with Crippen LogP contribution in [0.25, 0.3) is 28.2 Å². The third-order valence-corrected chi connectivity index (χ3v) is 7.28. The van der Waals surface area contributed by atoms with Crippen molar-refractivity contribution >= 4 is 35.2 Å². The highest BCUT2D eigenvalue weighted by atomic mass is 35.5. The largest absolute Gasteiger partial charge is 0.396 e. The molecule has 0 saturated heterocycles. The summed E-state index contributed by atoms with van der Waals surface area (Å²) in [6, 6.07) is 8.21. The number of carbonyl (C=O) groups is 1. The third-order valence-electron chi connectivity index (χ3n) is 6.87. The molecule has 0 bridgehead atoms. The molecular formula is C28H27Cl2N9O2. The predicted octanol–water partition coefficient (Wildman–Crippen LogP) is 4.77. The average Bonchev–Trinajstić information content (AvgIpc) is 3.55. The molecule has 1 aromatic carbocycles. The summed E-state index contributed by atoms with van der Waals surface area (Å²) in [7, 11) is 1.81. The van der Waals surface area contributed by atoms with E-state index in [4.69, 9.17) is 28.9 Å². The first-order chi connectivity index (χ1) is 19.7. The number of nitrogens with two attached hydrogens (primary N) is 1. The van der Waals surface area contributed by atoms with E-state index in [1.807, 2.05) is 13.0 Å². The van der Waals surface area contributed by atoms with Crippen LogP contribution in [0, 0.1) is 5.92 Å². The Kier molecular flexibility index (Phi) is 8.27. The van der Waals surface area contributed by atoms with Gasteiger partial charge in [-0.05, 0) is 42.7 Å². The number of aldehydes is 1. The van der Waals surface area contributed by atoms with Crippen molar-refractivity contribution in [1.29, 1.82) is 0 Å². The number of rotatable bonds is 10. The Bertz CT molecular complexity index is 1740. The van der Waals surface area contributed by atoms with Crippen LogP contribution in [0.15, 0.2) is 66.2 Å². The fourth-order valence-corrected chi connectivity index (χ4v) is 5.11. The summed E-state index contributed by atoms with van der Waals surface area (Å²) in [6.07, 6.45) is 11.0. The minimum atomic E-state index is -0.391. The van der Waals surface area contributed by atoms with Crippen LogP contribution >= 0.6 is 23.2 Å². The molecule has 0 aliphatic heterocycles. The van der Waals surface area contributed by atoms with Gasteiger partial charge >= 0.3 is 0 Å². The van der Waals surface area contributed by atoms with Crippen LogP contribution in [0.2, 0.25) is 10.2 Å². The van der Waals surface area contributed by atoms with Crippen LogP contribution in [0.1, 0.15) is 37.8 Å². The number of hydrogen-bond donors (Lipinski definition) is 1. The summed E-state index contributed by atoms with van der Waals surface area (Å²) in [6.45, 7) is 1.88. The fourth-order valence-electron chi connectivity index (χ4n) is 4.81. The zero-order chi connectivity index (χ0) is 29.1. The van der Waals surface area contributed by atoms with Crippen LogP contribution in [-0.4, -0.2) is 45.6 Å². The molecule has 13 heteroatoms. The van der Waals surface area contributed by atoms with Crippen LogP contribution in [0.3, 0.4) is 0 Å². The van der Waals surface area contributed by atoms with E-state index < -0.39 is 6.04 Å². The summed E-state index contributed by atoms with van der Waals surface area (Å²) < 4.78 is 4.77. The molecule has 41 heavy (non-hydrogen) atoms. The third kappa shape index (κ3) is 6.06. The number of aromatic nitrogens is 8. The second-order valence-electron chi connectivity index (χ2n) is 9.81. The van der Waals surface area contributed by atoms with Crippen LogP contribution in [0.5, 0.6) is 0 Å². The Morgan fingerprint density at radius 1 is 1.10 bits per heavy atom. The normalized spacial score (nSPS) is 12.8. The number of hydrogen-bond acceptors (Lipinski definition) is 8. The molecular weight excluding hydrogens is 565 g/mol. The number of benzene rings is 1. The molecule has 0 aliphatic rings. The molecule has 5 aromatic rings. The molecule has 2 atom stereocenters.